The number of nitrogens with one attached hydrogen (secondary N) is 2. The van der Waals surface area contributed by atoms with Gasteiger partial charge in [-0.2, -0.15) is 0 Å². The van der Waals surface area contributed by atoms with E-state index in [9.17, 15) is 4.79 Å². The van der Waals surface area contributed by atoms with Gasteiger partial charge < -0.3 is 15.0 Å². The molecule has 4 heteroatoms. The molecule has 0 aliphatic heterocycles. The van der Waals surface area contributed by atoms with Crippen molar-refractivity contribution < 1.29 is 9.53 Å². The number of carbonyl (C=O) groups excluding carboxylic acids is 1. The highest BCUT2D eigenvalue weighted by Crippen LogP contribution is 2.23. The van der Waals surface area contributed by atoms with Crippen LogP contribution < -0.4 is 10.1 Å². The maximum Gasteiger partial charge on any atom is 0.216 e. The Morgan fingerprint density at radius 3 is 3.00 bits per heavy atom. The molecule has 0 saturated carbocycles. The third-order valence-electron chi connectivity index (χ3n) is 2.82. The number of ether oxygens (including phenoxy) is 1. The molecule has 0 bridgehead atoms. The largest absolute Gasteiger partial charge is 0.494 e. The number of H-pyrrole nitrogens is 1. The quantitative estimate of drug-likeness (QED) is 0.850. The summed E-state index contributed by atoms with van der Waals surface area (Å²) in [6, 6.07) is 6.01. The zero-order chi connectivity index (χ0) is 13.0. The van der Waals surface area contributed by atoms with E-state index < -0.39 is 0 Å². The van der Waals surface area contributed by atoms with Crippen LogP contribution in [0.3, 0.4) is 0 Å². The number of benzene rings is 1. The van der Waals surface area contributed by atoms with Crippen LogP contribution in [-0.2, 0) is 11.2 Å². The minimum atomic E-state index is 0.00449. The first kappa shape index (κ1) is 12.5. The van der Waals surface area contributed by atoms with Crippen LogP contribution in [0.1, 0.15) is 19.4 Å². The first-order chi connectivity index (χ1) is 8.70. The maximum atomic E-state index is 10.8. The highest BCUT2D eigenvalue weighted by atomic mass is 16.5. The van der Waals surface area contributed by atoms with Gasteiger partial charge in [0, 0.05) is 30.6 Å². The molecule has 0 saturated heterocycles. The topological polar surface area (TPSA) is 54.1 Å². The molecule has 96 valence electrons. The number of carbonyl (C=O) groups is 1. The summed E-state index contributed by atoms with van der Waals surface area (Å²) in [5.41, 5.74) is 2.29. The Labute approximate surface area is 106 Å². The van der Waals surface area contributed by atoms with Crippen molar-refractivity contribution in [3.63, 3.8) is 0 Å². The van der Waals surface area contributed by atoms with Gasteiger partial charge in [-0.1, -0.05) is 0 Å². The van der Waals surface area contributed by atoms with E-state index in [1.54, 1.807) is 0 Å². The van der Waals surface area contributed by atoms with Crippen molar-refractivity contribution in [2.24, 2.45) is 0 Å². The van der Waals surface area contributed by atoms with Crippen LogP contribution in [0.25, 0.3) is 10.9 Å². The molecule has 0 spiro atoms. The summed E-state index contributed by atoms with van der Waals surface area (Å²) >= 11 is 0. The van der Waals surface area contributed by atoms with E-state index in [0.717, 1.165) is 23.1 Å². The Morgan fingerprint density at radius 1 is 1.44 bits per heavy atom. The van der Waals surface area contributed by atoms with Gasteiger partial charge in [-0.25, -0.2) is 0 Å². The van der Waals surface area contributed by atoms with Gasteiger partial charge in [0.15, 0.2) is 0 Å². The van der Waals surface area contributed by atoms with Gasteiger partial charge >= 0.3 is 0 Å². The van der Waals surface area contributed by atoms with Gasteiger partial charge in [-0.3, -0.25) is 4.79 Å². The molecule has 2 rings (SSSR count). The van der Waals surface area contributed by atoms with Crippen molar-refractivity contribution >= 4 is 16.8 Å². The zero-order valence-corrected chi connectivity index (χ0v) is 10.7. The maximum absolute atomic E-state index is 10.8. The van der Waals surface area contributed by atoms with Crippen LogP contribution >= 0.6 is 0 Å². The molecule has 0 fully saturated rings. The first-order valence-corrected chi connectivity index (χ1v) is 6.18. The van der Waals surface area contributed by atoms with E-state index in [-0.39, 0.29) is 5.91 Å². The number of hydrogen-bond donors (Lipinski definition) is 2. The summed E-state index contributed by atoms with van der Waals surface area (Å²) in [7, 11) is 0. The summed E-state index contributed by atoms with van der Waals surface area (Å²) in [5, 5.41) is 3.96. The van der Waals surface area contributed by atoms with E-state index in [1.165, 1.54) is 12.5 Å². The molecule has 0 unspecified atom stereocenters. The minimum absolute atomic E-state index is 0.00449. The van der Waals surface area contributed by atoms with Crippen LogP contribution in [0.5, 0.6) is 5.75 Å². The molecule has 0 aliphatic rings. The van der Waals surface area contributed by atoms with Crippen molar-refractivity contribution in [2.75, 3.05) is 13.2 Å². The second-order valence-electron chi connectivity index (χ2n) is 4.19. The van der Waals surface area contributed by atoms with Crippen LogP contribution in [-0.4, -0.2) is 24.0 Å². The second-order valence-corrected chi connectivity index (χ2v) is 4.19. The molecular weight excluding hydrogens is 228 g/mol. The fourth-order valence-electron chi connectivity index (χ4n) is 1.99. The molecule has 4 nitrogen and oxygen atoms in total. The van der Waals surface area contributed by atoms with Gasteiger partial charge in [0.2, 0.25) is 5.91 Å². The van der Waals surface area contributed by atoms with Gasteiger partial charge in [-0.05, 0) is 37.1 Å². The SMILES string of the molecule is CCOc1ccc2[nH]cc(CCNC(C)=O)c2c1. The normalized spacial score (nSPS) is 10.6. The van der Waals surface area contributed by atoms with Crippen molar-refractivity contribution in [3.8, 4) is 5.75 Å². The average molecular weight is 246 g/mol. The van der Waals surface area contributed by atoms with E-state index in [1.807, 2.05) is 31.3 Å². The highest BCUT2D eigenvalue weighted by molar-refractivity contribution is 5.84. The molecule has 1 aromatic heterocycles. The number of amides is 1. The van der Waals surface area contributed by atoms with E-state index in [4.69, 9.17) is 4.74 Å². The smallest absolute Gasteiger partial charge is 0.216 e. The van der Waals surface area contributed by atoms with Crippen molar-refractivity contribution in [1.29, 1.82) is 0 Å². The predicted molar refractivity (Wildman–Crippen MR) is 71.9 cm³/mol. The fraction of sp³-hybridized carbons (Fsp3) is 0.357. The molecule has 0 radical (unpaired) electrons. The van der Waals surface area contributed by atoms with Crippen LogP contribution in [0.4, 0.5) is 0 Å². The molecule has 2 N–H and O–H groups in total. The lowest BCUT2D eigenvalue weighted by Crippen LogP contribution is -2.22. The lowest BCUT2D eigenvalue weighted by Gasteiger charge is -2.04. The fourth-order valence-corrected chi connectivity index (χ4v) is 1.99. The Bertz CT molecular complexity index is 546. The molecule has 0 atom stereocenters. The number of fused-ring (bicyclic) bond motifs is 1. The third-order valence-corrected chi connectivity index (χ3v) is 2.82. The molecule has 0 aliphatic carbocycles. The summed E-state index contributed by atoms with van der Waals surface area (Å²) < 4.78 is 5.50. The molecule has 1 aromatic carbocycles. The molecule has 1 heterocycles. The first-order valence-electron chi connectivity index (χ1n) is 6.18. The summed E-state index contributed by atoms with van der Waals surface area (Å²) in [4.78, 5) is 14.1. The minimum Gasteiger partial charge on any atom is -0.494 e. The average Bonchev–Trinajstić information content (AvgIpc) is 2.72. The Hall–Kier alpha value is -1.97. The second kappa shape index (κ2) is 5.58. The lowest BCUT2D eigenvalue weighted by molar-refractivity contribution is -0.118. The third kappa shape index (κ3) is 2.83. The highest BCUT2D eigenvalue weighted by Gasteiger charge is 2.05. The van der Waals surface area contributed by atoms with Crippen molar-refractivity contribution in [1.82, 2.24) is 10.3 Å². The standard InChI is InChI=1S/C14H18N2O2/c1-3-18-12-4-5-14-13(8-12)11(9-16-14)6-7-15-10(2)17/h4-5,8-9,16H,3,6-7H2,1-2H3,(H,15,17). The van der Waals surface area contributed by atoms with E-state index in [0.29, 0.717) is 13.2 Å². The Kier molecular flexibility index (Phi) is 3.87. The van der Waals surface area contributed by atoms with E-state index in [2.05, 4.69) is 10.3 Å². The summed E-state index contributed by atoms with van der Waals surface area (Å²) in [6.07, 6.45) is 2.80. The van der Waals surface area contributed by atoms with Gasteiger partial charge in [0.25, 0.3) is 0 Å². The van der Waals surface area contributed by atoms with Gasteiger partial charge in [0.05, 0.1) is 6.61 Å². The number of aromatic nitrogens is 1. The molecule has 18 heavy (non-hydrogen) atoms. The number of hydrogen-bond acceptors (Lipinski definition) is 2. The molecule has 1 amide bonds. The van der Waals surface area contributed by atoms with Crippen LogP contribution in [0.15, 0.2) is 24.4 Å². The molecular formula is C14H18N2O2. The lowest BCUT2D eigenvalue weighted by atomic mass is 10.1. The van der Waals surface area contributed by atoms with E-state index >= 15 is 0 Å². The van der Waals surface area contributed by atoms with Crippen LogP contribution in [0.2, 0.25) is 0 Å². The van der Waals surface area contributed by atoms with Crippen molar-refractivity contribution in [3.05, 3.63) is 30.0 Å². The number of rotatable bonds is 5. The molecule has 2 aromatic rings. The number of aromatic amines is 1. The zero-order valence-electron chi connectivity index (χ0n) is 10.7. The van der Waals surface area contributed by atoms with Gasteiger partial charge in [-0.15, -0.1) is 0 Å². The Morgan fingerprint density at radius 2 is 2.28 bits per heavy atom. The van der Waals surface area contributed by atoms with Gasteiger partial charge in [0.1, 0.15) is 5.75 Å². The Balaban J connectivity index is 2.16. The van der Waals surface area contributed by atoms with Crippen molar-refractivity contribution in [2.45, 2.75) is 20.3 Å². The monoisotopic (exact) mass is 246 g/mol. The summed E-state index contributed by atoms with van der Waals surface area (Å²) in [6.45, 7) is 4.82. The predicted octanol–water partition coefficient (Wildman–Crippen LogP) is 2.25. The van der Waals surface area contributed by atoms with Crippen LogP contribution in [0, 0.1) is 0 Å². The summed E-state index contributed by atoms with van der Waals surface area (Å²) in [5.74, 6) is 0.884.